The first-order valence-electron chi connectivity index (χ1n) is 6.36. The molecule has 3 nitrogen and oxygen atoms in total. The summed E-state index contributed by atoms with van der Waals surface area (Å²) >= 11 is 3.37. The fraction of sp³-hybridized carbons (Fsp3) is 0.188. The van der Waals surface area contributed by atoms with Gasteiger partial charge in [-0.3, -0.25) is 4.79 Å². The number of carbonyl (C=O) groups excluding carboxylic acids is 1. The Morgan fingerprint density at radius 1 is 1.15 bits per heavy atom. The van der Waals surface area contributed by atoms with E-state index in [1.54, 1.807) is 13.2 Å². The molecule has 1 amide bonds. The average molecular weight is 334 g/mol. The molecular weight excluding hydrogens is 318 g/mol. The van der Waals surface area contributed by atoms with Gasteiger partial charge in [-0.15, -0.1) is 0 Å². The van der Waals surface area contributed by atoms with E-state index in [1.807, 2.05) is 42.5 Å². The molecule has 0 aliphatic heterocycles. The van der Waals surface area contributed by atoms with E-state index >= 15 is 0 Å². The van der Waals surface area contributed by atoms with Crippen LogP contribution >= 0.6 is 15.9 Å². The Morgan fingerprint density at radius 2 is 1.85 bits per heavy atom. The standard InChI is InChI=1S/C16H16BrNO2/c1-20-13-8-6-12(7-9-13)10-11-18-16(19)14-4-2-3-5-15(14)17/h2-9H,10-11H2,1H3,(H,18,19). The van der Waals surface area contributed by atoms with Gasteiger partial charge in [-0.2, -0.15) is 0 Å². The third-order valence-corrected chi connectivity index (χ3v) is 3.67. The Labute approximate surface area is 127 Å². The molecule has 1 N–H and O–H groups in total. The Kier molecular flexibility index (Phi) is 5.18. The van der Waals surface area contributed by atoms with E-state index in [1.165, 1.54) is 5.56 Å². The van der Waals surface area contributed by atoms with E-state index in [0.717, 1.165) is 16.6 Å². The van der Waals surface area contributed by atoms with Gasteiger partial charge in [0, 0.05) is 11.0 Å². The minimum atomic E-state index is -0.0639. The van der Waals surface area contributed by atoms with E-state index in [-0.39, 0.29) is 5.91 Å². The summed E-state index contributed by atoms with van der Waals surface area (Å²) in [7, 11) is 1.65. The van der Waals surface area contributed by atoms with Crippen molar-refractivity contribution in [3.05, 3.63) is 64.1 Å². The molecule has 0 spiro atoms. The second kappa shape index (κ2) is 7.10. The van der Waals surface area contributed by atoms with E-state index < -0.39 is 0 Å². The molecule has 0 fully saturated rings. The van der Waals surface area contributed by atoms with Crippen LogP contribution in [-0.4, -0.2) is 19.6 Å². The number of hydrogen-bond acceptors (Lipinski definition) is 2. The topological polar surface area (TPSA) is 38.3 Å². The smallest absolute Gasteiger partial charge is 0.252 e. The van der Waals surface area contributed by atoms with Crippen molar-refractivity contribution in [2.45, 2.75) is 6.42 Å². The van der Waals surface area contributed by atoms with Gasteiger partial charge >= 0.3 is 0 Å². The van der Waals surface area contributed by atoms with Gasteiger partial charge in [-0.25, -0.2) is 0 Å². The molecular formula is C16H16BrNO2. The first-order chi connectivity index (χ1) is 9.70. The van der Waals surface area contributed by atoms with Gasteiger partial charge < -0.3 is 10.1 Å². The van der Waals surface area contributed by atoms with Crippen LogP contribution in [0.25, 0.3) is 0 Å². The summed E-state index contributed by atoms with van der Waals surface area (Å²) in [5.74, 6) is 0.775. The van der Waals surface area contributed by atoms with Gasteiger partial charge in [0.2, 0.25) is 0 Å². The fourth-order valence-electron chi connectivity index (χ4n) is 1.85. The lowest BCUT2D eigenvalue weighted by Crippen LogP contribution is -2.25. The molecule has 0 bridgehead atoms. The highest BCUT2D eigenvalue weighted by atomic mass is 79.9. The Hall–Kier alpha value is -1.81. The maximum Gasteiger partial charge on any atom is 0.252 e. The van der Waals surface area contributed by atoms with Crippen LogP contribution in [0.1, 0.15) is 15.9 Å². The van der Waals surface area contributed by atoms with Crippen LogP contribution in [0, 0.1) is 0 Å². The lowest BCUT2D eigenvalue weighted by atomic mass is 10.1. The van der Waals surface area contributed by atoms with Crippen molar-refractivity contribution >= 4 is 21.8 Å². The summed E-state index contributed by atoms with van der Waals surface area (Å²) in [6.07, 6.45) is 0.792. The SMILES string of the molecule is COc1ccc(CCNC(=O)c2ccccc2Br)cc1. The van der Waals surface area contributed by atoms with Crippen molar-refractivity contribution in [1.29, 1.82) is 0 Å². The van der Waals surface area contributed by atoms with Crippen LogP contribution in [0.2, 0.25) is 0 Å². The molecule has 2 rings (SSSR count). The van der Waals surface area contributed by atoms with Crippen LogP contribution in [-0.2, 0) is 6.42 Å². The molecule has 104 valence electrons. The maximum atomic E-state index is 12.0. The number of nitrogens with one attached hydrogen (secondary N) is 1. The predicted octanol–water partition coefficient (Wildman–Crippen LogP) is 3.43. The monoisotopic (exact) mass is 333 g/mol. The van der Waals surface area contributed by atoms with Gasteiger partial charge in [0.05, 0.1) is 12.7 Å². The molecule has 0 aliphatic carbocycles. The molecule has 0 atom stereocenters. The number of amides is 1. The first-order valence-corrected chi connectivity index (χ1v) is 7.15. The molecule has 0 saturated carbocycles. The number of halogens is 1. The number of carbonyl (C=O) groups is 1. The summed E-state index contributed by atoms with van der Waals surface area (Å²) in [4.78, 5) is 12.0. The molecule has 0 saturated heterocycles. The van der Waals surface area contributed by atoms with E-state index in [4.69, 9.17) is 4.74 Å². The molecule has 0 heterocycles. The average Bonchev–Trinajstić information content (AvgIpc) is 2.48. The summed E-state index contributed by atoms with van der Waals surface area (Å²) in [5.41, 5.74) is 1.82. The molecule has 20 heavy (non-hydrogen) atoms. The van der Waals surface area contributed by atoms with Gasteiger partial charge in [0.25, 0.3) is 5.91 Å². The van der Waals surface area contributed by atoms with Crippen molar-refractivity contribution in [2.75, 3.05) is 13.7 Å². The van der Waals surface area contributed by atoms with Gasteiger partial charge in [0.1, 0.15) is 5.75 Å². The zero-order chi connectivity index (χ0) is 14.4. The zero-order valence-corrected chi connectivity index (χ0v) is 12.8. The second-order valence-electron chi connectivity index (χ2n) is 4.33. The Balaban J connectivity index is 1.86. The van der Waals surface area contributed by atoms with E-state index in [2.05, 4.69) is 21.2 Å². The molecule has 0 unspecified atom stereocenters. The Bertz CT molecular complexity index is 581. The molecule has 2 aromatic carbocycles. The normalized spacial score (nSPS) is 10.1. The van der Waals surface area contributed by atoms with Crippen molar-refractivity contribution in [1.82, 2.24) is 5.32 Å². The highest BCUT2D eigenvalue weighted by Crippen LogP contribution is 2.15. The number of ether oxygens (including phenoxy) is 1. The predicted molar refractivity (Wildman–Crippen MR) is 83.2 cm³/mol. The summed E-state index contributed by atoms with van der Waals surface area (Å²) in [5, 5.41) is 2.92. The van der Waals surface area contributed by atoms with Crippen molar-refractivity contribution < 1.29 is 9.53 Å². The number of methoxy groups -OCH3 is 1. The second-order valence-corrected chi connectivity index (χ2v) is 5.19. The number of rotatable bonds is 5. The van der Waals surface area contributed by atoms with Gasteiger partial charge in [-0.05, 0) is 52.2 Å². The van der Waals surface area contributed by atoms with Crippen LogP contribution in [0.15, 0.2) is 53.0 Å². The fourth-order valence-corrected chi connectivity index (χ4v) is 2.32. The summed E-state index contributed by atoms with van der Waals surface area (Å²) < 4.78 is 5.92. The van der Waals surface area contributed by atoms with Gasteiger partial charge in [-0.1, -0.05) is 24.3 Å². The third kappa shape index (κ3) is 3.84. The zero-order valence-electron chi connectivity index (χ0n) is 11.2. The number of benzene rings is 2. The molecule has 0 aromatic heterocycles. The van der Waals surface area contributed by atoms with Crippen LogP contribution in [0.4, 0.5) is 0 Å². The van der Waals surface area contributed by atoms with Crippen molar-refractivity contribution in [2.24, 2.45) is 0 Å². The third-order valence-electron chi connectivity index (χ3n) is 2.98. The molecule has 0 radical (unpaired) electrons. The van der Waals surface area contributed by atoms with Crippen molar-refractivity contribution in [3.8, 4) is 5.75 Å². The largest absolute Gasteiger partial charge is 0.497 e. The van der Waals surface area contributed by atoms with Crippen LogP contribution < -0.4 is 10.1 Å². The van der Waals surface area contributed by atoms with E-state index in [9.17, 15) is 4.79 Å². The van der Waals surface area contributed by atoms with Gasteiger partial charge in [0.15, 0.2) is 0 Å². The minimum absolute atomic E-state index is 0.0639. The Morgan fingerprint density at radius 3 is 2.50 bits per heavy atom. The summed E-state index contributed by atoms with van der Waals surface area (Å²) in [6, 6.07) is 15.2. The quantitative estimate of drug-likeness (QED) is 0.910. The maximum absolute atomic E-state index is 12.0. The lowest BCUT2D eigenvalue weighted by molar-refractivity contribution is 0.0953. The number of hydrogen-bond donors (Lipinski definition) is 1. The molecule has 4 heteroatoms. The summed E-state index contributed by atoms with van der Waals surface area (Å²) in [6.45, 7) is 0.604. The molecule has 2 aromatic rings. The minimum Gasteiger partial charge on any atom is -0.497 e. The van der Waals surface area contributed by atoms with E-state index in [0.29, 0.717) is 12.1 Å². The first kappa shape index (κ1) is 14.6. The van der Waals surface area contributed by atoms with Crippen molar-refractivity contribution in [3.63, 3.8) is 0 Å². The highest BCUT2D eigenvalue weighted by molar-refractivity contribution is 9.10. The lowest BCUT2D eigenvalue weighted by Gasteiger charge is -2.07. The van der Waals surface area contributed by atoms with Crippen LogP contribution in [0.5, 0.6) is 5.75 Å². The van der Waals surface area contributed by atoms with Crippen LogP contribution in [0.3, 0.4) is 0 Å². The highest BCUT2D eigenvalue weighted by Gasteiger charge is 2.08. The molecule has 0 aliphatic rings.